The van der Waals surface area contributed by atoms with Crippen LogP contribution in [0.5, 0.6) is 5.88 Å². The number of piperidine rings is 1. The lowest BCUT2D eigenvalue weighted by Crippen LogP contribution is -2.52. The van der Waals surface area contributed by atoms with Crippen LogP contribution in [0.2, 0.25) is 0 Å². The molecule has 2 N–H and O–H groups in total. The van der Waals surface area contributed by atoms with Crippen molar-refractivity contribution in [3.63, 3.8) is 0 Å². The number of methoxy groups -OCH3 is 1. The van der Waals surface area contributed by atoms with Crippen molar-refractivity contribution in [2.75, 3.05) is 24.2 Å². The largest absolute Gasteiger partial charge is 0.482 e. The molecule has 4 aromatic heterocycles. The van der Waals surface area contributed by atoms with Gasteiger partial charge in [0.1, 0.15) is 22.8 Å². The van der Waals surface area contributed by atoms with Crippen molar-refractivity contribution in [1.29, 1.82) is 0 Å². The molecule has 3 aliphatic rings. The highest BCUT2D eigenvalue weighted by Crippen LogP contribution is 2.39. The van der Waals surface area contributed by atoms with E-state index in [1.165, 1.54) is 10.6 Å². The van der Waals surface area contributed by atoms with E-state index in [2.05, 4.69) is 10.6 Å². The molecular formula is C31H39N7O4S. The fourth-order valence-electron chi connectivity index (χ4n) is 6.53. The Kier molecular flexibility index (Phi) is 6.69. The van der Waals surface area contributed by atoms with Gasteiger partial charge in [0.15, 0.2) is 5.88 Å². The average molecular weight is 606 g/mol. The van der Waals surface area contributed by atoms with E-state index in [9.17, 15) is 13.2 Å². The maximum Gasteiger partial charge on any atom is 0.254 e. The Hall–Kier alpha value is -3.64. The van der Waals surface area contributed by atoms with E-state index in [0.29, 0.717) is 35.4 Å². The summed E-state index contributed by atoms with van der Waals surface area (Å²) in [4.78, 5) is 25.5. The topological polar surface area (TPSA) is 128 Å². The average Bonchev–Trinajstić information content (AvgIpc) is 3.90. The minimum absolute atomic E-state index is 0.0278. The number of carbonyl (C=O) groups is 1. The van der Waals surface area contributed by atoms with Gasteiger partial charge in [-0.3, -0.25) is 13.5 Å². The summed E-state index contributed by atoms with van der Waals surface area (Å²) in [5.74, 6) is 1.46. The fourth-order valence-corrected chi connectivity index (χ4v) is 7.73. The van der Waals surface area contributed by atoms with Crippen LogP contribution < -0.4 is 14.8 Å². The second-order valence-corrected chi connectivity index (χ2v) is 14.4. The molecule has 0 radical (unpaired) electrons. The molecule has 11 nitrogen and oxygen atoms in total. The number of aryl methyl sites for hydroxylation is 1. The summed E-state index contributed by atoms with van der Waals surface area (Å²) in [5.41, 5.74) is 10.8. The molecule has 3 fully saturated rings. The molecule has 1 saturated heterocycles. The van der Waals surface area contributed by atoms with Gasteiger partial charge in [-0.2, -0.15) is 0 Å². The predicted molar refractivity (Wildman–Crippen MR) is 166 cm³/mol. The molecule has 7 rings (SSSR count). The smallest absolute Gasteiger partial charge is 0.254 e. The number of imidazole rings is 1. The van der Waals surface area contributed by atoms with Crippen LogP contribution in [0.3, 0.4) is 0 Å². The number of nitrogens with two attached hydrogens (primary N) is 1. The third-order valence-electron chi connectivity index (χ3n) is 9.25. The second-order valence-electron chi connectivity index (χ2n) is 12.5. The number of carbonyl (C=O) groups excluding carboxylic acids is 1. The lowest BCUT2D eigenvalue weighted by Gasteiger charge is -2.37. The first-order valence-electron chi connectivity index (χ1n) is 15.2. The van der Waals surface area contributed by atoms with Crippen LogP contribution >= 0.6 is 0 Å². The van der Waals surface area contributed by atoms with E-state index in [0.717, 1.165) is 73.2 Å². The highest BCUT2D eigenvalue weighted by molar-refractivity contribution is 7.92. The molecule has 2 atom stereocenters. The Labute approximate surface area is 251 Å². The van der Waals surface area contributed by atoms with Crippen LogP contribution in [0.25, 0.3) is 28.1 Å². The summed E-state index contributed by atoms with van der Waals surface area (Å²) in [6.45, 7) is 5.46. The van der Waals surface area contributed by atoms with E-state index < -0.39 is 10.0 Å². The second kappa shape index (κ2) is 10.2. The third-order valence-corrected chi connectivity index (χ3v) is 10.5. The number of pyridine rings is 2. The van der Waals surface area contributed by atoms with Crippen molar-refractivity contribution in [2.24, 2.45) is 11.7 Å². The van der Waals surface area contributed by atoms with Crippen molar-refractivity contribution >= 4 is 38.4 Å². The summed E-state index contributed by atoms with van der Waals surface area (Å²) < 4.78 is 36.8. The molecule has 2 saturated carbocycles. The normalized spacial score (nSPS) is 21.1. The molecule has 0 spiro atoms. The number of hydrogen-bond acceptors (Lipinski definition) is 7. The lowest BCUT2D eigenvalue weighted by molar-refractivity contribution is 0.0604. The van der Waals surface area contributed by atoms with Crippen molar-refractivity contribution < 1.29 is 17.9 Å². The summed E-state index contributed by atoms with van der Waals surface area (Å²) in [6.07, 6.45) is 7.03. The summed E-state index contributed by atoms with van der Waals surface area (Å²) >= 11 is 0. The molecule has 1 amide bonds. The number of hydrogen-bond donors (Lipinski definition) is 1. The first kappa shape index (κ1) is 28.1. The molecular weight excluding hydrogens is 566 g/mol. The van der Waals surface area contributed by atoms with Gasteiger partial charge in [0.2, 0.25) is 10.0 Å². The molecule has 2 aliphatic carbocycles. The van der Waals surface area contributed by atoms with Crippen LogP contribution in [-0.2, 0) is 16.6 Å². The Morgan fingerprint density at radius 1 is 1.12 bits per heavy atom. The summed E-state index contributed by atoms with van der Waals surface area (Å²) in [6, 6.07) is 9.34. The first-order chi connectivity index (χ1) is 20.5. The third kappa shape index (κ3) is 4.94. The van der Waals surface area contributed by atoms with Crippen molar-refractivity contribution in [3.8, 4) is 17.3 Å². The Balaban J connectivity index is 1.35. The van der Waals surface area contributed by atoms with E-state index in [-0.39, 0.29) is 24.0 Å². The number of aromatic nitrogens is 4. The first-order valence-corrected chi connectivity index (χ1v) is 17.0. The zero-order valence-corrected chi connectivity index (χ0v) is 26.0. The van der Waals surface area contributed by atoms with Crippen LogP contribution in [0.1, 0.15) is 61.5 Å². The maximum atomic E-state index is 13.7. The van der Waals surface area contributed by atoms with Crippen LogP contribution in [0.4, 0.5) is 5.82 Å². The Bertz CT molecular complexity index is 1850. The van der Waals surface area contributed by atoms with Crippen molar-refractivity contribution in [1.82, 2.24) is 23.8 Å². The molecule has 5 heterocycles. The maximum absolute atomic E-state index is 13.7. The van der Waals surface area contributed by atoms with E-state index in [4.69, 9.17) is 20.4 Å². The number of likely N-dealkylation sites (tertiary alicyclic amines) is 1. The van der Waals surface area contributed by atoms with E-state index in [1.807, 2.05) is 35.3 Å². The number of sulfonamides is 1. The lowest BCUT2D eigenvalue weighted by atomic mass is 9.97. The molecule has 0 aromatic carbocycles. The van der Waals surface area contributed by atoms with Gasteiger partial charge in [0.05, 0.1) is 24.8 Å². The monoisotopic (exact) mass is 605 g/mol. The van der Waals surface area contributed by atoms with Gasteiger partial charge in [0.25, 0.3) is 5.91 Å². The Morgan fingerprint density at radius 3 is 2.56 bits per heavy atom. The van der Waals surface area contributed by atoms with Crippen LogP contribution in [0, 0.1) is 12.8 Å². The van der Waals surface area contributed by atoms with Gasteiger partial charge >= 0.3 is 0 Å². The molecule has 43 heavy (non-hydrogen) atoms. The zero-order chi connectivity index (χ0) is 30.2. The molecule has 4 aromatic rings. The van der Waals surface area contributed by atoms with E-state index in [1.54, 1.807) is 19.2 Å². The number of amides is 1. The molecule has 0 unspecified atom stereocenters. The highest BCUT2D eigenvalue weighted by Gasteiger charge is 2.37. The minimum Gasteiger partial charge on any atom is -0.482 e. The van der Waals surface area contributed by atoms with Gasteiger partial charge in [-0.25, -0.2) is 18.4 Å². The predicted octanol–water partition coefficient (Wildman–Crippen LogP) is 3.96. The van der Waals surface area contributed by atoms with Gasteiger partial charge < -0.3 is 19.9 Å². The summed E-state index contributed by atoms with van der Waals surface area (Å²) in [5, 5.41) is 0.929. The molecule has 1 aliphatic heterocycles. The van der Waals surface area contributed by atoms with Gasteiger partial charge in [0, 0.05) is 48.2 Å². The number of rotatable bonds is 8. The van der Waals surface area contributed by atoms with Crippen molar-refractivity contribution in [2.45, 2.75) is 77.0 Å². The number of anilines is 1. The highest BCUT2D eigenvalue weighted by atomic mass is 32.2. The quantitative estimate of drug-likeness (QED) is 0.322. The van der Waals surface area contributed by atoms with E-state index >= 15 is 0 Å². The molecule has 0 bridgehead atoms. The zero-order valence-electron chi connectivity index (χ0n) is 25.2. The fraction of sp³-hybridized carbons (Fsp3) is 0.516. The number of nitrogens with zero attached hydrogens (tertiary/aromatic N) is 6. The van der Waals surface area contributed by atoms with Crippen molar-refractivity contribution in [3.05, 3.63) is 41.6 Å². The SMILES string of the molecule is COc1cc(C(=O)N2CCC[C@@H](N)[C@H]2C)cc2nc(-c3cc4ccc(N(C5CC5)S(C)(=O)=O)nc4n3CC3CC3)c(C)n12. The Morgan fingerprint density at radius 2 is 1.88 bits per heavy atom. The van der Waals surface area contributed by atoms with Crippen LogP contribution in [0.15, 0.2) is 30.3 Å². The van der Waals surface area contributed by atoms with Gasteiger partial charge in [-0.15, -0.1) is 0 Å². The van der Waals surface area contributed by atoms with Gasteiger partial charge in [-0.05, 0) is 82.6 Å². The summed E-state index contributed by atoms with van der Waals surface area (Å²) in [7, 11) is -1.85. The standard InChI is InChI=1S/C31H39N7O4S/c1-18-24(32)6-5-13-35(18)31(39)22-15-27-33-29(19(2)37(27)28(16-22)42-3)25-14-21-9-12-26(38(23-10-11-23)43(4,40)41)34-30(21)36(25)17-20-7-8-20/h9,12,14-16,18,20,23-24H,5-8,10-11,13,17,32H2,1-4H3/t18-,24-/m1/s1. The van der Waals surface area contributed by atoms with Gasteiger partial charge in [-0.1, -0.05) is 0 Å². The molecule has 12 heteroatoms. The molecule has 228 valence electrons. The van der Waals surface area contributed by atoms with Crippen LogP contribution in [-0.4, -0.2) is 76.2 Å². The number of fused-ring (bicyclic) bond motifs is 2. The number of ether oxygens (including phenoxy) is 1. The minimum atomic E-state index is -3.46.